The van der Waals surface area contributed by atoms with E-state index in [2.05, 4.69) is 19.2 Å². The minimum absolute atomic E-state index is 0.111. The highest BCUT2D eigenvalue weighted by molar-refractivity contribution is 7.89. The first-order chi connectivity index (χ1) is 20.0. The average molecular weight is 585 g/mol. The Bertz CT molecular complexity index is 1790. The maximum absolute atomic E-state index is 13.7. The van der Waals surface area contributed by atoms with Gasteiger partial charge in [0.1, 0.15) is 17.3 Å². The van der Waals surface area contributed by atoms with Gasteiger partial charge in [-0.1, -0.05) is 45.9 Å². The fourth-order valence-corrected chi connectivity index (χ4v) is 7.74. The number of sulfonamides is 1. The van der Waals surface area contributed by atoms with E-state index in [0.29, 0.717) is 31.0 Å². The first-order valence-electron chi connectivity index (χ1n) is 14.4. The van der Waals surface area contributed by atoms with Gasteiger partial charge in [-0.15, -0.1) is 0 Å². The first kappa shape index (κ1) is 28.2. The molecule has 1 unspecified atom stereocenters. The number of furan rings is 1. The quantitative estimate of drug-likeness (QED) is 0.261. The summed E-state index contributed by atoms with van der Waals surface area (Å²) in [5.74, 6) is 1.81. The molecule has 0 amide bonds. The van der Waals surface area contributed by atoms with Gasteiger partial charge < -0.3 is 9.73 Å². The molecule has 2 aliphatic rings. The molecule has 2 aromatic carbocycles. The van der Waals surface area contributed by atoms with Crippen molar-refractivity contribution in [1.29, 1.82) is 0 Å². The number of hydrogen-bond donors (Lipinski definition) is 1. The van der Waals surface area contributed by atoms with Crippen molar-refractivity contribution in [2.24, 2.45) is 5.41 Å². The monoisotopic (exact) mass is 584 g/mol. The van der Waals surface area contributed by atoms with Gasteiger partial charge in [0.15, 0.2) is 5.78 Å². The number of nitrogens with one attached hydrogen (secondary N) is 1. The van der Waals surface area contributed by atoms with Crippen LogP contribution in [0, 0.1) is 12.3 Å². The van der Waals surface area contributed by atoms with E-state index < -0.39 is 15.9 Å². The number of aryl methyl sites for hydroxylation is 1. The predicted octanol–water partition coefficient (Wildman–Crippen LogP) is 6.67. The summed E-state index contributed by atoms with van der Waals surface area (Å²) < 4.78 is 35.8. The summed E-state index contributed by atoms with van der Waals surface area (Å²) in [4.78, 5) is 14.0. The molecule has 42 heavy (non-hydrogen) atoms. The van der Waals surface area contributed by atoms with Crippen LogP contribution in [0.4, 0.5) is 5.82 Å². The normalized spacial score (nSPS) is 18.1. The van der Waals surface area contributed by atoms with Gasteiger partial charge in [0.05, 0.1) is 22.2 Å². The average Bonchev–Trinajstić information content (AvgIpc) is 3.57. The van der Waals surface area contributed by atoms with E-state index in [1.165, 1.54) is 4.31 Å². The van der Waals surface area contributed by atoms with Crippen LogP contribution in [-0.4, -0.2) is 41.4 Å². The molecule has 3 heterocycles. The molecular formula is C33H36N4O4S. The maximum atomic E-state index is 13.7. The van der Waals surface area contributed by atoms with E-state index in [-0.39, 0.29) is 16.1 Å². The molecule has 218 valence electrons. The smallest absolute Gasteiger partial charge is 0.243 e. The Morgan fingerprint density at radius 2 is 1.69 bits per heavy atom. The molecule has 1 aliphatic heterocycles. The number of aromatic nitrogens is 2. The third kappa shape index (κ3) is 4.70. The molecule has 0 saturated carbocycles. The molecule has 1 atom stereocenters. The number of rotatable bonds is 7. The summed E-state index contributed by atoms with van der Waals surface area (Å²) in [5.41, 5.74) is 4.91. The van der Waals surface area contributed by atoms with Crippen LogP contribution in [-0.2, 0) is 14.8 Å². The van der Waals surface area contributed by atoms with Gasteiger partial charge in [0.25, 0.3) is 0 Å². The van der Waals surface area contributed by atoms with Crippen molar-refractivity contribution in [2.75, 3.05) is 18.4 Å². The van der Waals surface area contributed by atoms with E-state index in [1.54, 1.807) is 24.3 Å². The van der Waals surface area contributed by atoms with Gasteiger partial charge in [-0.3, -0.25) is 4.79 Å². The minimum Gasteiger partial charge on any atom is -0.460 e. The number of para-hydroxylation sites is 1. The highest BCUT2D eigenvalue weighted by atomic mass is 32.2. The summed E-state index contributed by atoms with van der Waals surface area (Å²) >= 11 is 0. The number of ketones is 1. The standard InChI is InChI=1S/C33H36N4O4S/c1-6-36(7-2)42(39,40)24-15-13-22(14-16-24)27-17-18-28(41-27)31-29-21(3)35-37(23-11-9-8-10-12-23)32(29)34-25-19-33(4,5)20-26(38)30(25)31/h8-18,31,34H,6-7,19-20H2,1-5H3. The zero-order chi connectivity index (χ0) is 29.8. The highest BCUT2D eigenvalue weighted by Crippen LogP contribution is 2.51. The lowest BCUT2D eigenvalue weighted by molar-refractivity contribution is -0.118. The zero-order valence-electron chi connectivity index (χ0n) is 24.6. The minimum atomic E-state index is -3.56. The number of Topliss-reactive ketones (excluding diaryl/α,β-unsaturated/α-hetero) is 1. The largest absolute Gasteiger partial charge is 0.460 e. The summed E-state index contributed by atoms with van der Waals surface area (Å²) in [5, 5.41) is 8.50. The van der Waals surface area contributed by atoms with E-state index in [0.717, 1.165) is 46.0 Å². The van der Waals surface area contributed by atoms with Crippen LogP contribution in [0.3, 0.4) is 0 Å². The fourth-order valence-electron chi connectivity index (χ4n) is 6.28. The lowest BCUT2D eigenvalue weighted by Gasteiger charge is -2.38. The lowest BCUT2D eigenvalue weighted by Crippen LogP contribution is -2.34. The van der Waals surface area contributed by atoms with Gasteiger partial charge in [0, 0.05) is 41.9 Å². The topological polar surface area (TPSA) is 97.4 Å². The van der Waals surface area contributed by atoms with Gasteiger partial charge >= 0.3 is 0 Å². The van der Waals surface area contributed by atoms with Crippen molar-refractivity contribution in [2.45, 2.75) is 58.3 Å². The molecule has 0 radical (unpaired) electrons. The van der Waals surface area contributed by atoms with E-state index in [9.17, 15) is 13.2 Å². The number of carbonyl (C=O) groups is 1. The van der Waals surface area contributed by atoms with Crippen LogP contribution in [0.15, 0.2) is 87.3 Å². The van der Waals surface area contributed by atoms with Crippen molar-refractivity contribution >= 4 is 21.6 Å². The van der Waals surface area contributed by atoms with Gasteiger partial charge in [-0.05, 0) is 67.3 Å². The van der Waals surface area contributed by atoms with Gasteiger partial charge in [-0.2, -0.15) is 9.40 Å². The van der Waals surface area contributed by atoms with E-state index >= 15 is 0 Å². The molecule has 0 spiro atoms. The van der Waals surface area contributed by atoms with Crippen LogP contribution in [0.25, 0.3) is 17.0 Å². The van der Waals surface area contributed by atoms with Crippen LogP contribution in [0.1, 0.15) is 63.5 Å². The SMILES string of the molecule is CCN(CC)S(=O)(=O)c1ccc(-c2ccc(C3C4=C(CC(C)(C)CC4=O)Nc4c3c(C)nn4-c3ccccc3)o2)cc1. The Labute approximate surface area is 247 Å². The number of benzene rings is 2. The number of hydrogen-bond acceptors (Lipinski definition) is 6. The number of nitrogens with zero attached hydrogens (tertiary/aromatic N) is 3. The van der Waals surface area contributed by atoms with E-state index in [4.69, 9.17) is 9.52 Å². The second kappa shape index (κ2) is 10.4. The number of fused-ring (bicyclic) bond motifs is 1. The summed E-state index contributed by atoms with van der Waals surface area (Å²) in [7, 11) is -3.56. The lowest BCUT2D eigenvalue weighted by atomic mass is 9.70. The number of carbonyl (C=O) groups excluding carboxylic acids is 1. The van der Waals surface area contributed by atoms with Gasteiger partial charge in [0.2, 0.25) is 10.0 Å². The van der Waals surface area contributed by atoms with Crippen LogP contribution >= 0.6 is 0 Å². The summed E-state index contributed by atoms with van der Waals surface area (Å²) in [6.45, 7) is 10.7. The molecule has 0 fully saturated rings. The molecule has 9 heteroatoms. The van der Waals surface area contributed by atoms with E-state index in [1.807, 2.05) is 67.9 Å². The predicted molar refractivity (Wildman–Crippen MR) is 163 cm³/mol. The second-order valence-corrected chi connectivity index (χ2v) is 13.7. The van der Waals surface area contributed by atoms with Crippen molar-refractivity contribution < 1.29 is 17.6 Å². The number of allylic oxidation sites excluding steroid dienone is 2. The van der Waals surface area contributed by atoms with Crippen LogP contribution in [0.5, 0.6) is 0 Å². The molecule has 6 rings (SSSR count). The highest BCUT2D eigenvalue weighted by Gasteiger charge is 2.44. The Balaban J connectivity index is 1.44. The Morgan fingerprint density at radius 3 is 2.36 bits per heavy atom. The first-order valence-corrected chi connectivity index (χ1v) is 15.9. The summed E-state index contributed by atoms with van der Waals surface area (Å²) in [6.07, 6.45) is 1.19. The van der Waals surface area contributed by atoms with Crippen molar-refractivity contribution in [3.8, 4) is 17.0 Å². The Hall–Kier alpha value is -3.95. The molecule has 2 aromatic heterocycles. The molecule has 4 aromatic rings. The fraction of sp³-hybridized carbons (Fsp3) is 0.333. The Morgan fingerprint density at radius 1 is 1.00 bits per heavy atom. The molecule has 1 N–H and O–H groups in total. The third-order valence-corrected chi connectivity index (χ3v) is 10.3. The van der Waals surface area contributed by atoms with Crippen molar-refractivity contribution in [1.82, 2.24) is 14.1 Å². The second-order valence-electron chi connectivity index (χ2n) is 11.8. The van der Waals surface area contributed by atoms with Crippen LogP contribution < -0.4 is 5.32 Å². The summed E-state index contributed by atoms with van der Waals surface area (Å²) in [6, 6.07) is 20.5. The molecule has 0 bridgehead atoms. The van der Waals surface area contributed by atoms with Gasteiger partial charge in [-0.25, -0.2) is 13.1 Å². The maximum Gasteiger partial charge on any atom is 0.243 e. The molecule has 0 saturated heterocycles. The zero-order valence-corrected chi connectivity index (χ0v) is 25.5. The van der Waals surface area contributed by atoms with Crippen LogP contribution in [0.2, 0.25) is 0 Å². The number of anilines is 1. The molecular weight excluding hydrogens is 548 g/mol. The third-order valence-electron chi connectivity index (χ3n) is 8.27. The van der Waals surface area contributed by atoms with Crippen molar-refractivity contribution in [3.63, 3.8) is 0 Å². The Kier molecular flexibility index (Phi) is 6.98. The molecule has 8 nitrogen and oxygen atoms in total. The molecule has 1 aliphatic carbocycles. The van der Waals surface area contributed by atoms with Crippen molar-refractivity contribution in [3.05, 3.63) is 95.0 Å².